The molecule has 0 saturated carbocycles. The van der Waals surface area contributed by atoms with Gasteiger partial charge in [0.15, 0.2) is 6.10 Å². The van der Waals surface area contributed by atoms with Crippen LogP contribution in [-0.4, -0.2) is 27.4 Å². The number of aliphatic carboxylic acids is 1. The lowest BCUT2D eigenvalue weighted by atomic mass is 10.1. The highest BCUT2D eigenvalue weighted by atomic mass is 35.5. The van der Waals surface area contributed by atoms with Crippen LogP contribution >= 0.6 is 11.6 Å². The number of H-pyrrole nitrogens is 1. The Morgan fingerprint density at radius 2 is 2.26 bits per heavy atom. The molecule has 0 bridgehead atoms. The predicted molar refractivity (Wildman–Crippen MR) is 71.5 cm³/mol. The largest absolute Gasteiger partial charge is 0.479 e. The maximum absolute atomic E-state index is 10.7. The van der Waals surface area contributed by atoms with Crippen molar-refractivity contribution in [2.75, 3.05) is 0 Å². The Morgan fingerprint density at radius 1 is 1.53 bits per heavy atom. The molecule has 5 nitrogen and oxygen atoms in total. The molecule has 6 heteroatoms. The number of carboxylic acid groups (broad SMARTS) is 1. The van der Waals surface area contributed by atoms with E-state index in [2.05, 4.69) is 10.2 Å². The summed E-state index contributed by atoms with van der Waals surface area (Å²) in [7, 11) is 0. The Labute approximate surface area is 115 Å². The summed E-state index contributed by atoms with van der Waals surface area (Å²) in [6.45, 7) is 3.36. The molecular weight excluding hydrogens is 268 g/mol. The van der Waals surface area contributed by atoms with E-state index in [1.54, 1.807) is 18.3 Å². The van der Waals surface area contributed by atoms with Crippen LogP contribution in [0.3, 0.4) is 0 Å². The number of carbonyl (C=O) groups is 1. The van der Waals surface area contributed by atoms with Crippen LogP contribution in [0.25, 0.3) is 11.1 Å². The number of aromatic nitrogens is 2. The van der Waals surface area contributed by atoms with Crippen molar-refractivity contribution in [3.63, 3.8) is 0 Å². The highest BCUT2D eigenvalue weighted by molar-refractivity contribution is 6.32. The van der Waals surface area contributed by atoms with E-state index in [-0.39, 0.29) is 0 Å². The van der Waals surface area contributed by atoms with E-state index in [0.29, 0.717) is 10.8 Å². The van der Waals surface area contributed by atoms with Gasteiger partial charge in [-0.3, -0.25) is 5.10 Å². The average Bonchev–Trinajstić information content (AvgIpc) is 2.78. The van der Waals surface area contributed by atoms with Crippen molar-refractivity contribution in [1.29, 1.82) is 0 Å². The van der Waals surface area contributed by atoms with E-state index in [4.69, 9.17) is 21.4 Å². The predicted octanol–water partition coefficient (Wildman–Crippen LogP) is 2.89. The van der Waals surface area contributed by atoms with E-state index < -0.39 is 12.1 Å². The summed E-state index contributed by atoms with van der Waals surface area (Å²) < 4.78 is 5.25. The lowest BCUT2D eigenvalue weighted by Gasteiger charge is -2.12. The molecule has 2 aromatic rings. The average molecular weight is 281 g/mol. The summed E-state index contributed by atoms with van der Waals surface area (Å²) in [5.74, 6) is -0.688. The molecule has 1 aromatic heterocycles. The summed E-state index contributed by atoms with van der Waals surface area (Å²) in [6.07, 6.45) is 0.764. The molecule has 1 aromatic carbocycles. The zero-order valence-corrected chi connectivity index (χ0v) is 11.2. The zero-order chi connectivity index (χ0) is 14.0. The van der Waals surface area contributed by atoms with Gasteiger partial charge >= 0.3 is 5.97 Å². The van der Waals surface area contributed by atoms with E-state index in [0.717, 1.165) is 16.8 Å². The van der Waals surface area contributed by atoms with Crippen LogP contribution in [-0.2, 0) is 4.79 Å². The van der Waals surface area contributed by atoms with Crippen molar-refractivity contribution in [3.8, 4) is 16.9 Å². The number of nitrogens with zero attached hydrogens (tertiary/aromatic N) is 1. The van der Waals surface area contributed by atoms with Crippen molar-refractivity contribution in [2.24, 2.45) is 0 Å². The van der Waals surface area contributed by atoms with Crippen molar-refractivity contribution in [2.45, 2.75) is 20.0 Å². The molecule has 19 heavy (non-hydrogen) atoms. The van der Waals surface area contributed by atoms with Gasteiger partial charge in [0.2, 0.25) is 0 Å². The van der Waals surface area contributed by atoms with Gasteiger partial charge in [-0.25, -0.2) is 4.79 Å². The van der Waals surface area contributed by atoms with Gasteiger partial charge in [-0.1, -0.05) is 17.7 Å². The molecule has 0 radical (unpaired) electrons. The fourth-order valence-electron chi connectivity index (χ4n) is 1.65. The summed E-state index contributed by atoms with van der Waals surface area (Å²) in [5.41, 5.74) is 2.77. The summed E-state index contributed by atoms with van der Waals surface area (Å²) in [4.78, 5) is 10.7. The Kier molecular flexibility index (Phi) is 3.76. The number of rotatable bonds is 4. The lowest BCUT2D eigenvalue weighted by molar-refractivity contribution is -0.144. The van der Waals surface area contributed by atoms with Crippen LogP contribution in [0.5, 0.6) is 5.75 Å². The second-order valence-corrected chi connectivity index (χ2v) is 4.56. The van der Waals surface area contributed by atoms with Crippen molar-refractivity contribution in [1.82, 2.24) is 10.2 Å². The SMILES string of the molecule is Cc1[nH]ncc1-c1ccc(OC(C)C(=O)O)c(Cl)c1. The molecule has 0 aliphatic rings. The number of halogens is 1. The Bertz CT molecular complexity index is 610. The summed E-state index contributed by atoms with van der Waals surface area (Å²) in [6, 6.07) is 5.19. The van der Waals surface area contributed by atoms with Gasteiger partial charge in [-0.05, 0) is 31.5 Å². The Morgan fingerprint density at radius 3 is 2.79 bits per heavy atom. The number of ether oxygens (including phenoxy) is 1. The minimum Gasteiger partial charge on any atom is -0.479 e. The van der Waals surface area contributed by atoms with E-state index in [1.807, 2.05) is 13.0 Å². The number of carboxylic acids is 1. The van der Waals surface area contributed by atoms with E-state index >= 15 is 0 Å². The highest BCUT2D eigenvalue weighted by Crippen LogP contribution is 2.31. The van der Waals surface area contributed by atoms with Gasteiger partial charge in [0.05, 0.1) is 11.2 Å². The maximum Gasteiger partial charge on any atom is 0.344 e. The fourth-order valence-corrected chi connectivity index (χ4v) is 1.87. The van der Waals surface area contributed by atoms with Crippen LogP contribution in [0.15, 0.2) is 24.4 Å². The minimum atomic E-state index is -1.04. The second-order valence-electron chi connectivity index (χ2n) is 4.15. The number of benzene rings is 1. The number of hydrogen-bond acceptors (Lipinski definition) is 3. The molecule has 0 aliphatic carbocycles. The van der Waals surface area contributed by atoms with Gasteiger partial charge in [0.1, 0.15) is 5.75 Å². The monoisotopic (exact) mass is 280 g/mol. The van der Waals surface area contributed by atoms with Crippen LogP contribution in [0.2, 0.25) is 5.02 Å². The van der Waals surface area contributed by atoms with Crippen LogP contribution in [0, 0.1) is 6.92 Å². The molecule has 0 spiro atoms. The Hall–Kier alpha value is -2.01. The third kappa shape index (κ3) is 2.88. The third-order valence-corrected chi connectivity index (χ3v) is 3.02. The molecule has 2 rings (SSSR count). The van der Waals surface area contributed by atoms with E-state index in [1.165, 1.54) is 6.92 Å². The molecule has 1 heterocycles. The number of hydrogen-bond donors (Lipinski definition) is 2. The molecule has 2 N–H and O–H groups in total. The molecule has 1 atom stereocenters. The number of nitrogens with one attached hydrogen (secondary N) is 1. The topological polar surface area (TPSA) is 75.2 Å². The van der Waals surface area contributed by atoms with Crippen molar-refractivity contribution >= 4 is 17.6 Å². The first kappa shape index (κ1) is 13.4. The second kappa shape index (κ2) is 5.32. The molecule has 1 unspecified atom stereocenters. The summed E-state index contributed by atoms with van der Waals surface area (Å²) >= 11 is 6.10. The van der Waals surface area contributed by atoms with Gasteiger partial charge in [-0.2, -0.15) is 5.10 Å². The third-order valence-electron chi connectivity index (χ3n) is 2.72. The molecule has 0 aliphatic heterocycles. The quantitative estimate of drug-likeness (QED) is 0.903. The first-order valence-corrected chi connectivity index (χ1v) is 6.06. The van der Waals surface area contributed by atoms with Gasteiger partial charge in [0.25, 0.3) is 0 Å². The molecule has 0 fully saturated rings. The summed E-state index contributed by atoms with van der Waals surface area (Å²) in [5, 5.41) is 16.0. The van der Waals surface area contributed by atoms with Crippen molar-refractivity contribution < 1.29 is 14.6 Å². The van der Waals surface area contributed by atoms with Crippen molar-refractivity contribution in [3.05, 3.63) is 35.1 Å². The van der Waals surface area contributed by atoms with Gasteiger partial charge < -0.3 is 9.84 Å². The minimum absolute atomic E-state index is 0.349. The smallest absolute Gasteiger partial charge is 0.344 e. The van der Waals surface area contributed by atoms with Gasteiger partial charge in [0, 0.05) is 11.3 Å². The van der Waals surface area contributed by atoms with Crippen LogP contribution in [0.1, 0.15) is 12.6 Å². The maximum atomic E-state index is 10.7. The number of aryl methyl sites for hydroxylation is 1. The zero-order valence-electron chi connectivity index (χ0n) is 10.5. The van der Waals surface area contributed by atoms with E-state index in [9.17, 15) is 4.79 Å². The molecule has 0 amide bonds. The van der Waals surface area contributed by atoms with Crippen LogP contribution in [0.4, 0.5) is 0 Å². The highest BCUT2D eigenvalue weighted by Gasteiger charge is 2.15. The lowest BCUT2D eigenvalue weighted by Crippen LogP contribution is -2.22. The standard InChI is InChI=1S/C13H13ClN2O3/c1-7-10(6-15-16-7)9-3-4-12(11(14)5-9)19-8(2)13(17)18/h3-6,8H,1-2H3,(H,15,16)(H,17,18). The fraction of sp³-hybridized carbons (Fsp3) is 0.231. The molecule has 0 saturated heterocycles. The Balaban J connectivity index is 2.27. The first-order valence-electron chi connectivity index (χ1n) is 5.68. The molecular formula is C13H13ClN2O3. The first-order chi connectivity index (χ1) is 8.99. The van der Waals surface area contributed by atoms with Crippen LogP contribution < -0.4 is 4.74 Å². The molecule has 100 valence electrons. The normalized spacial score (nSPS) is 12.2. The van der Waals surface area contributed by atoms with Gasteiger partial charge in [-0.15, -0.1) is 0 Å². The number of aromatic amines is 1.